The van der Waals surface area contributed by atoms with E-state index in [2.05, 4.69) is 15.8 Å². The number of hydrogen-bond donors (Lipinski definition) is 3. The van der Waals surface area contributed by atoms with Crippen LogP contribution in [0.1, 0.15) is 5.56 Å². The number of carbonyl (C=O) groups is 3. The van der Waals surface area contributed by atoms with Gasteiger partial charge in [0.1, 0.15) is 5.75 Å². The fraction of sp³-hybridized carbons (Fsp3) is 0.286. The first-order chi connectivity index (χ1) is 11.0. The van der Waals surface area contributed by atoms with E-state index < -0.39 is 24.4 Å². The van der Waals surface area contributed by atoms with Crippen LogP contribution < -0.4 is 15.5 Å². The summed E-state index contributed by atoms with van der Waals surface area (Å²) in [6.07, 6.45) is 1.25. The molecule has 0 fully saturated rings. The van der Waals surface area contributed by atoms with Crippen molar-refractivity contribution in [3.05, 3.63) is 29.8 Å². The largest absolute Gasteiger partial charge is 0.481 e. The van der Waals surface area contributed by atoms with Crippen molar-refractivity contribution in [3.63, 3.8) is 0 Å². The van der Waals surface area contributed by atoms with Crippen molar-refractivity contribution in [1.29, 1.82) is 0 Å². The number of nitrogens with zero attached hydrogens (tertiary/aromatic N) is 1. The van der Waals surface area contributed by atoms with Crippen LogP contribution in [0.5, 0.6) is 5.75 Å². The number of nitrogens with one attached hydrogen (secondary N) is 2. The lowest BCUT2D eigenvalue weighted by molar-refractivity contribution is -0.139. The van der Waals surface area contributed by atoms with Gasteiger partial charge in [-0.25, -0.2) is 10.2 Å². The molecule has 0 aromatic heterocycles. The van der Waals surface area contributed by atoms with Crippen molar-refractivity contribution in [1.82, 2.24) is 10.7 Å². The number of aliphatic carboxylic acids is 1. The molecule has 124 valence electrons. The van der Waals surface area contributed by atoms with Crippen LogP contribution >= 0.6 is 0 Å². The van der Waals surface area contributed by atoms with E-state index in [-0.39, 0.29) is 18.9 Å². The fourth-order valence-electron chi connectivity index (χ4n) is 1.42. The number of benzene rings is 1. The zero-order valence-electron chi connectivity index (χ0n) is 12.4. The minimum absolute atomic E-state index is 0.207. The summed E-state index contributed by atoms with van der Waals surface area (Å²) in [6, 6.07) is 6.53. The van der Waals surface area contributed by atoms with Crippen molar-refractivity contribution in [2.45, 2.75) is 0 Å². The second-order valence-electron chi connectivity index (χ2n) is 4.17. The number of rotatable bonds is 8. The molecule has 0 saturated heterocycles. The Morgan fingerprint density at radius 2 is 2.00 bits per heavy atom. The molecule has 0 saturated carbocycles. The summed E-state index contributed by atoms with van der Waals surface area (Å²) in [5.41, 5.74) is 2.51. The summed E-state index contributed by atoms with van der Waals surface area (Å²) in [5, 5.41) is 14.6. The number of hydrazone groups is 1. The van der Waals surface area contributed by atoms with Gasteiger partial charge in [0.15, 0.2) is 6.61 Å². The Hall–Kier alpha value is -2.94. The molecular formula is C14H17N3O6. The van der Waals surface area contributed by atoms with Crippen LogP contribution in [0, 0.1) is 0 Å². The first-order valence-electron chi connectivity index (χ1n) is 6.58. The zero-order valence-corrected chi connectivity index (χ0v) is 12.4. The summed E-state index contributed by atoms with van der Waals surface area (Å²) in [7, 11) is 1.47. The highest BCUT2D eigenvalue weighted by molar-refractivity contribution is 6.35. The van der Waals surface area contributed by atoms with Gasteiger partial charge in [0.05, 0.1) is 12.8 Å². The lowest BCUT2D eigenvalue weighted by Crippen LogP contribution is -2.39. The minimum Gasteiger partial charge on any atom is -0.481 e. The topological polar surface area (TPSA) is 126 Å². The maximum atomic E-state index is 11.4. The summed E-state index contributed by atoms with van der Waals surface area (Å²) in [6.45, 7) is -0.00593. The van der Waals surface area contributed by atoms with E-state index in [1.807, 2.05) is 0 Å². The van der Waals surface area contributed by atoms with Crippen molar-refractivity contribution in [2.75, 3.05) is 26.9 Å². The minimum atomic E-state index is -1.11. The molecule has 9 nitrogen and oxygen atoms in total. The van der Waals surface area contributed by atoms with Gasteiger partial charge in [-0.3, -0.25) is 9.59 Å². The lowest BCUT2D eigenvalue weighted by Gasteiger charge is -2.06. The van der Waals surface area contributed by atoms with Crippen LogP contribution in [0.15, 0.2) is 29.4 Å². The maximum absolute atomic E-state index is 11.4. The Kier molecular flexibility index (Phi) is 7.79. The van der Waals surface area contributed by atoms with E-state index in [0.717, 1.165) is 0 Å². The van der Waals surface area contributed by atoms with E-state index in [1.54, 1.807) is 24.3 Å². The first-order valence-corrected chi connectivity index (χ1v) is 6.58. The van der Waals surface area contributed by atoms with Crippen LogP contribution in [0.4, 0.5) is 0 Å². The quantitative estimate of drug-likeness (QED) is 0.253. The van der Waals surface area contributed by atoms with E-state index >= 15 is 0 Å². The van der Waals surface area contributed by atoms with Gasteiger partial charge < -0.3 is 19.9 Å². The van der Waals surface area contributed by atoms with Gasteiger partial charge in [0.25, 0.3) is 0 Å². The molecule has 0 aliphatic heterocycles. The monoisotopic (exact) mass is 323 g/mol. The molecular weight excluding hydrogens is 306 g/mol. The molecule has 0 aliphatic carbocycles. The van der Waals surface area contributed by atoms with E-state index in [4.69, 9.17) is 14.6 Å². The van der Waals surface area contributed by atoms with Gasteiger partial charge in [0.2, 0.25) is 0 Å². The van der Waals surface area contributed by atoms with Crippen LogP contribution in [-0.2, 0) is 19.1 Å². The third-order valence-electron chi connectivity index (χ3n) is 2.44. The van der Waals surface area contributed by atoms with E-state index in [9.17, 15) is 14.4 Å². The number of hydrogen-bond acceptors (Lipinski definition) is 6. The average molecular weight is 323 g/mol. The molecule has 23 heavy (non-hydrogen) atoms. The fourth-order valence-corrected chi connectivity index (χ4v) is 1.42. The van der Waals surface area contributed by atoms with Gasteiger partial charge in [-0.05, 0) is 12.1 Å². The molecule has 9 heteroatoms. The summed E-state index contributed by atoms with van der Waals surface area (Å²) in [4.78, 5) is 33.3. The standard InChI is InChI=1S/C14H17N3O6/c1-22-7-6-15-13(20)14(21)17-16-8-10-4-2-3-5-11(10)23-9-12(18)19/h2-5,8H,6-7,9H2,1H3,(H,15,20)(H,17,21)(H,18,19)/b16-8-. The molecule has 0 spiro atoms. The van der Waals surface area contributed by atoms with Gasteiger partial charge in [0, 0.05) is 19.2 Å². The molecule has 0 heterocycles. The molecule has 2 amide bonds. The highest BCUT2D eigenvalue weighted by Crippen LogP contribution is 2.15. The number of para-hydroxylation sites is 1. The van der Waals surface area contributed by atoms with Gasteiger partial charge in [-0.2, -0.15) is 5.10 Å². The van der Waals surface area contributed by atoms with Crippen LogP contribution in [0.3, 0.4) is 0 Å². The molecule has 1 aromatic carbocycles. The van der Waals surface area contributed by atoms with Crippen molar-refractivity contribution >= 4 is 24.0 Å². The van der Waals surface area contributed by atoms with E-state index in [1.165, 1.54) is 13.3 Å². The number of methoxy groups -OCH3 is 1. The van der Waals surface area contributed by atoms with Gasteiger partial charge >= 0.3 is 17.8 Å². The second-order valence-corrected chi connectivity index (χ2v) is 4.17. The van der Waals surface area contributed by atoms with Crippen molar-refractivity contribution < 1.29 is 29.0 Å². The molecule has 0 bridgehead atoms. The second kappa shape index (κ2) is 9.90. The van der Waals surface area contributed by atoms with Crippen molar-refractivity contribution in [2.24, 2.45) is 5.10 Å². The predicted octanol–water partition coefficient (Wildman–Crippen LogP) is -0.637. The summed E-state index contributed by atoms with van der Waals surface area (Å²) >= 11 is 0. The zero-order chi connectivity index (χ0) is 17.1. The van der Waals surface area contributed by atoms with Crippen LogP contribution in [-0.4, -0.2) is 56.0 Å². The number of carboxylic acid groups (broad SMARTS) is 1. The Bertz CT molecular complexity index is 588. The number of amides is 2. The SMILES string of the molecule is COCCNC(=O)C(=O)N/N=C\c1ccccc1OCC(=O)O. The molecule has 0 radical (unpaired) electrons. The van der Waals surface area contributed by atoms with Crippen LogP contribution in [0.2, 0.25) is 0 Å². The molecule has 3 N–H and O–H groups in total. The Balaban J connectivity index is 2.55. The summed E-state index contributed by atoms with van der Waals surface area (Å²) in [5.74, 6) is -2.59. The molecule has 0 unspecified atom stereocenters. The average Bonchev–Trinajstić information content (AvgIpc) is 2.53. The smallest absolute Gasteiger partial charge is 0.341 e. The third-order valence-corrected chi connectivity index (χ3v) is 2.44. The number of carbonyl (C=O) groups excluding carboxylic acids is 2. The number of ether oxygens (including phenoxy) is 2. The molecule has 1 rings (SSSR count). The molecule has 1 aromatic rings. The highest BCUT2D eigenvalue weighted by atomic mass is 16.5. The highest BCUT2D eigenvalue weighted by Gasteiger charge is 2.11. The van der Waals surface area contributed by atoms with Crippen LogP contribution in [0.25, 0.3) is 0 Å². The van der Waals surface area contributed by atoms with Gasteiger partial charge in [-0.1, -0.05) is 12.1 Å². The van der Waals surface area contributed by atoms with Crippen molar-refractivity contribution in [3.8, 4) is 5.75 Å². The Morgan fingerprint density at radius 1 is 1.26 bits per heavy atom. The predicted molar refractivity (Wildman–Crippen MR) is 80.2 cm³/mol. The lowest BCUT2D eigenvalue weighted by atomic mass is 10.2. The normalized spacial score (nSPS) is 10.3. The third kappa shape index (κ3) is 7.05. The Morgan fingerprint density at radius 3 is 2.70 bits per heavy atom. The van der Waals surface area contributed by atoms with Gasteiger partial charge in [-0.15, -0.1) is 0 Å². The molecule has 0 aliphatic rings. The van der Waals surface area contributed by atoms with E-state index in [0.29, 0.717) is 5.56 Å². The Labute approximate surface area is 132 Å². The number of carboxylic acids is 1. The molecule has 0 atom stereocenters. The first kappa shape index (κ1) is 18.1. The summed E-state index contributed by atoms with van der Waals surface area (Å²) < 4.78 is 9.80. The maximum Gasteiger partial charge on any atom is 0.341 e.